The fourth-order valence-corrected chi connectivity index (χ4v) is 0.492. The van der Waals surface area contributed by atoms with E-state index in [2.05, 4.69) is 13.0 Å². The molecule has 1 rings (SSSR count). The minimum atomic E-state index is 0. The molecule has 9 heavy (non-hydrogen) atoms. The van der Waals surface area contributed by atoms with E-state index >= 15 is 0 Å². The molecule has 1 aliphatic carbocycles. The summed E-state index contributed by atoms with van der Waals surface area (Å²) in [5.41, 5.74) is 1.22. The third-order valence-electron chi connectivity index (χ3n) is 0.848. The van der Waals surface area contributed by atoms with Crippen LogP contribution in [0.5, 0.6) is 0 Å². The smallest absolute Gasteiger partial charge is 1.00 e. The minimum absolute atomic E-state index is 0. The predicted molar refractivity (Wildman–Crippen MR) is 27.2 cm³/mol. The summed E-state index contributed by atoms with van der Waals surface area (Å²) in [6, 6.07) is 0. The number of allylic oxidation sites excluding steroid dienone is 4. The van der Waals surface area contributed by atoms with Crippen molar-refractivity contribution < 1.29 is 57.5 Å². The van der Waals surface area contributed by atoms with E-state index in [-0.39, 0.29) is 57.5 Å². The van der Waals surface area contributed by atoms with Crippen LogP contribution in [0.4, 0.5) is 0 Å². The molecule has 0 atom stereocenters. The van der Waals surface area contributed by atoms with Gasteiger partial charge in [-0.25, -0.2) is 18.6 Å². The molecule has 0 amide bonds. The van der Waals surface area contributed by atoms with E-state index in [0.29, 0.717) is 0 Å². The van der Waals surface area contributed by atoms with Gasteiger partial charge in [0.15, 0.2) is 0 Å². The summed E-state index contributed by atoms with van der Waals surface area (Å²) in [7, 11) is 0. The van der Waals surface area contributed by atoms with E-state index in [1.54, 1.807) is 0 Å². The van der Waals surface area contributed by atoms with Crippen molar-refractivity contribution in [3.05, 3.63) is 30.7 Å². The van der Waals surface area contributed by atoms with Crippen LogP contribution in [0.25, 0.3) is 0 Å². The zero-order valence-corrected chi connectivity index (χ0v) is 9.33. The van der Waals surface area contributed by atoms with E-state index in [1.165, 1.54) is 5.57 Å². The summed E-state index contributed by atoms with van der Waals surface area (Å²) in [4.78, 5) is 0. The zero-order chi connectivity index (χ0) is 4.41. The fourth-order valence-electron chi connectivity index (χ4n) is 0.492. The van der Waals surface area contributed by atoms with Crippen molar-refractivity contribution in [3.63, 3.8) is 0 Å². The van der Waals surface area contributed by atoms with Gasteiger partial charge in [-0.1, -0.05) is 0 Å². The molecule has 0 N–H and O–H groups in total. The molecule has 0 fully saturated rings. The van der Waals surface area contributed by atoms with E-state index in [9.17, 15) is 0 Å². The Kier molecular flexibility index (Phi) is 16.6. The van der Waals surface area contributed by atoms with Crippen LogP contribution in [0.2, 0.25) is 0 Å². The quantitative estimate of drug-likeness (QED) is 0.375. The van der Waals surface area contributed by atoms with Gasteiger partial charge < -0.3 is 24.8 Å². The van der Waals surface area contributed by atoms with E-state index < -0.39 is 0 Å². The average molecular weight is 239 g/mol. The molecule has 0 aromatic rings. The van der Waals surface area contributed by atoms with Crippen LogP contribution in [0.1, 0.15) is 6.42 Å². The van der Waals surface area contributed by atoms with Crippen molar-refractivity contribution in [2.24, 2.45) is 0 Å². The van der Waals surface area contributed by atoms with Gasteiger partial charge in [0.25, 0.3) is 0 Å². The second-order valence-electron chi connectivity index (χ2n) is 1.46. The Bertz CT molecular complexity index is 108. The second kappa shape index (κ2) is 9.03. The van der Waals surface area contributed by atoms with E-state index in [4.69, 9.17) is 0 Å². The summed E-state index contributed by atoms with van der Waals surface area (Å²) in [5, 5.41) is 0. The zero-order valence-electron chi connectivity index (χ0n) is 4.98. The van der Waals surface area contributed by atoms with Crippen LogP contribution in [-0.4, -0.2) is 0 Å². The molecule has 0 saturated carbocycles. The van der Waals surface area contributed by atoms with Gasteiger partial charge in [-0.15, -0.1) is 12.2 Å². The molecule has 48 valence electrons. The molecule has 0 saturated heterocycles. The molecule has 0 aliphatic heterocycles. The van der Waals surface area contributed by atoms with Gasteiger partial charge in [0.1, 0.15) is 0 Å². The van der Waals surface area contributed by atoms with Crippen LogP contribution < -0.4 is 24.8 Å². The van der Waals surface area contributed by atoms with Gasteiger partial charge in [-0.3, -0.25) is 0 Å². The van der Waals surface area contributed by atoms with Crippen molar-refractivity contribution in [3.8, 4) is 0 Å². The third kappa shape index (κ3) is 6.92. The first-order chi connectivity index (χ1) is 2.89. The molecule has 0 heterocycles. The monoisotopic (exact) mass is 238 g/mol. The normalized spacial score (nSPS) is 12.2. The van der Waals surface area contributed by atoms with Crippen molar-refractivity contribution >= 4 is 0 Å². The van der Waals surface area contributed by atoms with Gasteiger partial charge in [-0.2, -0.15) is 0 Å². The van der Waals surface area contributed by atoms with Crippen molar-refractivity contribution in [2.75, 3.05) is 0 Å². The Morgan fingerprint density at radius 3 is 2.00 bits per heavy atom. The topological polar surface area (TPSA) is 0 Å². The van der Waals surface area contributed by atoms with Crippen LogP contribution in [-0.2, 0) is 32.7 Å². The molecule has 0 aromatic heterocycles. The van der Waals surface area contributed by atoms with Gasteiger partial charge in [0.05, 0.1) is 0 Å². The Hall–Kier alpha value is 1.03. The summed E-state index contributed by atoms with van der Waals surface area (Å²) in [6.07, 6.45) is 7.21. The van der Waals surface area contributed by atoms with Crippen LogP contribution in [0.3, 0.4) is 0 Å². The largest absolute Gasteiger partial charge is 3.00 e. The third-order valence-corrected chi connectivity index (χ3v) is 0.848. The van der Waals surface area contributed by atoms with Crippen molar-refractivity contribution in [1.82, 2.24) is 0 Å². The summed E-state index contributed by atoms with van der Waals surface area (Å²) >= 11 is 0. The number of rotatable bonds is 0. The SMILES string of the molecule is [CH2-]C1=CC=CC1.[Cl-].[Cl-].[Y+3]. The Labute approximate surface area is 93.9 Å². The van der Waals surface area contributed by atoms with Gasteiger partial charge in [0.2, 0.25) is 0 Å². The molecule has 0 bridgehead atoms. The summed E-state index contributed by atoms with van der Waals surface area (Å²) < 4.78 is 0. The van der Waals surface area contributed by atoms with Crippen LogP contribution >= 0.6 is 0 Å². The fraction of sp³-hybridized carbons (Fsp3) is 0.167. The molecule has 0 spiro atoms. The first-order valence-electron chi connectivity index (χ1n) is 2.07. The average Bonchev–Trinajstić information content (AvgIpc) is 1.86. The number of hydrogen-bond acceptors (Lipinski definition) is 0. The predicted octanol–water partition coefficient (Wildman–Crippen LogP) is -4.29. The van der Waals surface area contributed by atoms with Crippen LogP contribution in [0, 0.1) is 6.92 Å². The first kappa shape index (κ1) is 16.6. The van der Waals surface area contributed by atoms with Gasteiger partial charge in [-0.05, 0) is 6.42 Å². The van der Waals surface area contributed by atoms with Crippen LogP contribution in [0.15, 0.2) is 23.8 Å². The maximum Gasteiger partial charge on any atom is 3.00 e. The first-order valence-corrected chi connectivity index (χ1v) is 2.07. The van der Waals surface area contributed by atoms with Gasteiger partial charge in [0, 0.05) is 0 Å². The molecule has 0 radical (unpaired) electrons. The Balaban J connectivity index is -0.000000120. The number of hydrogen-bond donors (Lipinski definition) is 0. The minimum Gasteiger partial charge on any atom is -1.00 e. The summed E-state index contributed by atoms with van der Waals surface area (Å²) in [5.74, 6) is 0. The Morgan fingerprint density at radius 2 is 1.89 bits per heavy atom. The maximum absolute atomic E-state index is 3.74. The molecular weight excluding hydrogens is 232 g/mol. The van der Waals surface area contributed by atoms with Crippen molar-refractivity contribution in [1.29, 1.82) is 0 Å². The Morgan fingerprint density at radius 1 is 1.33 bits per heavy atom. The molecule has 0 nitrogen and oxygen atoms in total. The summed E-state index contributed by atoms with van der Waals surface area (Å²) in [6.45, 7) is 3.74. The second-order valence-corrected chi connectivity index (χ2v) is 1.46. The van der Waals surface area contributed by atoms with Gasteiger partial charge >= 0.3 is 32.7 Å². The standard InChI is InChI=1S/C6H7.2ClH.Y/c1-6-4-2-3-5-6;;;/h2-4H,1,5H2;2*1H;/q-1;;;+3/p-2. The molecule has 0 unspecified atom stereocenters. The van der Waals surface area contributed by atoms with E-state index in [0.717, 1.165) is 6.42 Å². The molecule has 3 heteroatoms. The molecular formula is C6H7Cl2Y. The molecule has 1 aliphatic rings. The van der Waals surface area contributed by atoms with Crippen molar-refractivity contribution in [2.45, 2.75) is 6.42 Å². The molecule has 0 aromatic carbocycles. The number of halogens is 2. The van der Waals surface area contributed by atoms with E-state index in [1.807, 2.05) is 12.2 Å². The maximum atomic E-state index is 3.74.